The highest BCUT2D eigenvalue weighted by molar-refractivity contribution is 4.60. The first kappa shape index (κ1) is 67.4. The summed E-state index contributed by atoms with van der Waals surface area (Å²) in [6, 6.07) is 0. The van der Waals surface area contributed by atoms with Gasteiger partial charge in [0.1, 0.15) is 6.10 Å². The predicted molar refractivity (Wildman–Crippen MR) is 270 cm³/mol. The molecule has 0 radical (unpaired) electrons. The molecule has 15 nitrogen and oxygen atoms in total. The SMILES string of the molecule is CCCCCCCCCCCCCOCC(O)COCCOCCOCCOCCOCCOCCOCCOCCOCCOCCOCCOCCOC(CCCCC)CCCCCCC. The average Bonchev–Trinajstić information content (AvgIpc) is 3.34. The van der Waals surface area contributed by atoms with Crippen molar-refractivity contribution in [3.63, 3.8) is 0 Å². The van der Waals surface area contributed by atoms with Crippen LogP contribution in [0.5, 0.6) is 0 Å². The zero-order valence-electron chi connectivity index (χ0n) is 44.3. The van der Waals surface area contributed by atoms with Gasteiger partial charge in [-0.15, -0.1) is 0 Å². The van der Waals surface area contributed by atoms with Crippen molar-refractivity contribution < 1.29 is 71.4 Å². The van der Waals surface area contributed by atoms with E-state index in [9.17, 15) is 5.11 Å². The summed E-state index contributed by atoms with van der Waals surface area (Å²) in [5.41, 5.74) is 0. The van der Waals surface area contributed by atoms with E-state index in [1.165, 1.54) is 122 Å². The van der Waals surface area contributed by atoms with Crippen LogP contribution in [0.1, 0.15) is 156 Å². The van der Waals surface area contributed by atoms with E-state index in [0.717, 1.165) is 12.8 Å². The topological polar surface area (TPSA) is 149 Å². The molecular formula is C53H108O15. The average molecular weight is 985 g/mol. The Bertz CT molecular complexity index is 880. The third-order valence-corrected chi connectivity index (χ3v) is 10.9. The van der Waals surface area contributed by atoms with Crippen molar-refractivity contribution in [1.82, 2.24) is 0 Å². The van der Waals surface area contributed by atoms with Gasteiger partial charge in [-0.3, -0.25) is 0 Å². The predicted octanol–water partition coefficient (Wildman–Crippen LogP) is 9.20. The monoisotopic (exact) mass is 985 g/mol. The minimum Gasteiger partial charge on any atom is -0.388 e. The second-order valence-electron chi connectivity index (χ2n) is 17.3. The van der Waals surface area contributed by atoms with E-state index >= 15 is 0 Å². The summed E-state index contributed by atoms with van der Waals surface area (Å²) in [6.07, 6.45) is 26.9. The Morgan fingerprint density at radius 3 is 0.779 bits per heavy atom. The molecule has 0 bridgehead atoms. The summed E-state index contributed by atoms with van der Waals surface area (Å²) in [6.45, 7) is 20.4. The van der Waals surface area contributed by atoms with Gasteiger partial charge in [0.25, 0.3) is 0 Å². The van der Waals surface area contributed by atoms with Gasteiger partial charge in [-0.2, -0.15) is 0 Å². The van der Waals surface area contributed by atoms with Crippen molar-refractivity contribution in [2.75, 3.05) is 178 Å². The molecule has 2 atom stereocenters. The fourth-order valence-electron chi connectivity index (χ4n) is 6.96. The van der Waals surface area contributed by atoms with Gasteiger partial charge in [0.15, 0.2) is 0 Å². The minimum atomic E-state index is -0.609. The lowest BCUT2D eigenvalue weighted by Crippen LogP contribution is -2.23. The summed E-state index contributed by atoms with van der Waals surface area (Å²) in [4.78, 5) is 0. The van der Waals surface area contributed by atoms with Gasteiger partial charge in [0.05, 0.1) is 178 Å². The number of ether oxygens (including phenoxy) is 14. The minimum absolute atomic E-state index is 0.251. The van der Waals surface area contributed by atoms with Crippen LogP contribution >= 0.6 is 0 Å². The van der Waals surface area contributed by atoms with Crippen LogP contribution in [-0.2, 0) is 66.3 Å². The van der Waals surface area contributed by atoms with E-state index in [1.807, 2.05) is 0 Å². The van der Waals surface area contributed by atoms with E-state index in [0.29, 0.717) is 178 Å². The lowest BCUT2D eigenvalue weighted by molar-refractivity contribution is -0.0405. The molecule has 0 rings (SSSR count). The summed E-state index contributed by atoms with van der Waals surface area (Å²) >= 11 is 0. The third-order valence-electron chi connectivity index (χ3n) is 10.9. The van der Waals surface area contributed by atoms with Crippen LogP contribution in [0, 0.1) is 0 Å². The summed E-state index contributed by atoms with van der Waals surface area (Å²) < 4.78 is 78.4. The molecule has 0 fully saturated rings. The van der Waals surface area contributed by atoms with E-state index in [-0.39, 0.29) is 6.61 Å². The molecule has 0 aliphatic heterocycles. The molecule has 15 heteroatoms. The molecule has 0 saturated heterocycles. The molecule has 0 spiro atoms. The number of aliphatic hydroxyl groups excluding tert-OH is 1. The quantitative estimate of drug-likeness (QED) is 0.0577. The molecule has 2 unspecified atom stereocenters. The summed E-state index contributed by atoms with van der Waals surface area (Å²) in [5, 5.41) is 10.0. The van der Waals surface area contributed by atoms with Crippen LogP contribution in [0.25, 0.3) is 0 Å². The van der Waals surface area contributed by atoms with E-state index in [4.69, 9.17) is 66.3 Å². The second-order valence-corrected chi connectivity index (χ2v) is 17.3. The number of unbranched alkanes of at least 4 members (excludes halogenated alkanes) is 16. The zero-order chi connectivity index (χ0) is 49.0. The fraction of sp³-hybridized carbons (Fsp3) is 1.00. The zero-order valence-corrected chi connectivity index (χ0v) is 44.3. The van der Waals surface area contributed by atoms with Gasteiger partial charge in [0, 0.05) is 6.61 Å². The number of rotatable bonds is 63. The number of hydrogen-bond acceptors (Lipinski definition) is 15. The highest BCUT2D eigenvalue weighted by atomic mass is 16.6. The van der Waals surface area contributed by atoms with Crippen molar-refractivity contribution in [1.29, 1.82) is 0 Å². The van der Waals surface area contributed by atoms with E-state index < -0.39 is 6.10 Å². The maximum atomic E-state index is 10.0. The Kier molecular flexibility index (Phi) is 62.0. The lowest BCUT2D eigenvalue weighted by atomic mass is 10.0. The van der Waals surface area contributed by atoms with Gasteiger partial charge < -0.3 is 71.4 Å². The molecule has 0 aliphatic rings. The summed E-state index contributed by atoms with van der Waals surface area (Å²) in [7, 11) is 0. The van der Waals surface area contributed by atoms with Crippen LogP contribution in [0.15, 0.2) is 0 Å². The van der Waals surface area contributed by atoms with E-state index in [2.05, 4.69) is 20.8 Å². The van der Waals surface area contributed by atoms with Crippen LogP contribution in [-0.4, -0.2) is 196 Å². The van der Waals surface area contributed by atoms with Crippen molar-refractivity contribution in [3.05, 3.63) is 0 Å². The Hall–Kier alpha value is -0.600. The highest BCUT2D eigenvalue weighted by Gasteiger charge is 2.09. The maximum absolute atomic E-state index is 10.0. The van der Waals surface area contributed by atoms with Gasteiger partial charge in [-0.1, -0.05) is 136 Å². The molecule has 0 saturated carbocycles. The first-order valence-corrected chi connectivity index (χ1v) is 27.5. The molecule has 0 heterocycles. The smallest absolute Gasteiger partial charge is 0.101 e. The molecule has 0 aromatic heterocycles. The first-order valence-electron chi connectivity index (χ1n) is 27.5. The van der Waals surface area contributed by atoms with Crippen LogP contribution in [0.3, 0.4) is 0 Å². The first-order chi connectivity index (χ1) is 33.7. The molecular weight excluding hydrogens is 877 g/mol. The Morgan fingerprint density at radius 2 is 0.456 bits per heavy atom. The lowest BCUT2D eigenvalue weighted by Gasteiger charge is -2.18. The van der Waals surface area contributed by atoms with Gasteiger partial charge in [-0.25, -0.2) is 0 Å². The van der Waals surface area contributed by atoms with Crippen molar-refractivity contribution in [2.24, 2.45) is 0 Å². The molecule has 68 heavy (non-hydrogen) atoms. The van der Waals surface area contributed by atoms with Crippen LogP contribution < -0.4 is 0 Å². The van der Waals surface area contributed by atoms with Gasteiger partial charge in [0.2, 0.25) is 0 Å². The molecule has 410 valence electrons. The second kappa shape index (κ2) is 62.5. The maximum Gasteiger partial charge on any atom is 0.101 e. The molecule has 0 aromatic rings. The molecule has 0 amide bonds. The number of aliphatic hydroxyl groups is 1. The highest BCUT2D eigenvalue weighted by Crippen LogP contribution is 2.16. The molecule has 0 aliphatic carbocycles. The van der Waals surface area contributed by atoms with Gasteiger partial charge in [-0.05, 0) is 19.3 Å². The third kappa shape index (κ3) is 59.7. The van der Waals surface area contributed by atoms with Crippen LogP contribution in [0.2, 0.25) is 0 Å². The van der Waals surface area contributed by atoms with Gasteiger partial charge >= 0.3 is 0 Å². The molecule has 0 aromatic carbocycles. The van der Waals surface area contributed by atoms with Crippen LogP contribution in [0.4, 0.5) is 0 Å². The van der Waals surface area contributed by atoms with Crippen molar-refractivity contribution >= 4 is 0 Å². The van der Waals surface area contributed by atoms with Crippen molar-refractivity contribution in [2.45, 2.75) is 168 Å². The Labute approximate surface area is 416 Å². The molecule has 1 N–H and O–H groups in total. The normalized spacial score (nSPS) is 12.7. The number of hydrogen-bond donors (Lipinski definition) is 1. The Balaban J connectivity index is 3.22. The van der Waals surface area contributed by atoms with Crippen molar-refractivity contribution in [3.8, 4) is 0 Å². The van der Waals surface area contributed by atoms with E-state index in [1.54, 1.807) is 0 Å². The Morgan fingerprint density at radius 1 is 0.235 bits per heavy atom. The fourth-order valence-corrected chi connectivity index (χ4v) is 6.96. The largest absolute Gasteiger partial charge is 0.388 e. The standard InChI is InChI=1S/C53H108O15/c1-4-7-10-12-13-14-15-16-17-19-22-25-66-50-52(54)51-67-47-46-64-43-42-62-39-38-60-35-34-58-31-30-56-27-26-55-28-29-57-32-33-59-36-37-61-40-41-63-44-45-65-48-49-68-53(23-20-9-6-3)24-21-18-11-8-5-2/h52-54H,4-51H2,1-3H3. The summed E-state index contributed by atoms with van der Waals surface area (Å²) in [5.74, 6) is 0.